The molecule has 2 aromatic rings. The van der Waals surface area contributed by atoms with Crippen molar-refractivity contribution in [3.05, 3.63) is 56.2 Å². The van der Waals surface area contributed by atoms with Crippen molar-refractivity contribution in [1.82, 2.24) is 0 Å². The van der Waals surface area contributed by atoms with E-state index in [1.54, 1.807) is 23.5 Å². The van der Waals surface area contributed by atoms with Crippen LogP contribution in [0.5, 0.6) is 0 Å². The Labute approximate surface area is 127 Å². The lowest BCUT2D eigenvalue weighted by molar-refractivity contribution is 0.162. The van der Waals surface area contributed by atoms with E-state index >= 15 is 0 Å². The van der Waals surface area contributed by atoms with E-state index in [-0.39, 0.29) is 6.10 Å². The van der Waals surface area contributed by atoms with Crippen molar-refractivity contribution in [3.63, 3.8) is 0 Å². The van der Waals surface area contributed by atoms with Gasteiger partial charge in [0.2, 0.25) is 0 Å². The van der Waals surface area contributed by atoms with Crippen molar-refractivity contribution in [2.24, 2.45) is 0 Å². The Morgan fingerprint density at radius 1 is 1.21 bits per heavy atom. The minimum atomic E-state index is -0.348. The van der Waals surface area contributed by atoms with Crippen molar-refractivity contribution in [3.8, 4) is 0 Å². The first-order valence-corrected chi connectivity index (χ1v) is 7.93. The molecule has 1 unspecified atom stereocenters. The monoisotopic (exact) mass is 314 g/mol. The zero-order valence-corrected chi connectivity index (χ0v) is 12.8. The first kappa shape index (κ1) is 14.9. The van der Waals surface area contributed by atoms with E-state index in [9.17, 15) is 5.11 Å². The predicted octanol–water partition coefficient (Wildman–Crippen LogP) is 4.98. The van der Waals surface area contributed by atoms with E-state index in [0.29, 0.717) is 16.5 Å². The number of hydrogen-bond acceptors (Lipinski definition) is 2. The molecular formula is C15H16Cl2OS. The Morgan fingerprint density at radius 2 is 2.05 bits per heavy atom. The van der Waals surface area contributed by atoms with E-state index in [4.69, 9.17) is 23.2 Å². The minimum absolute atomic E-state index is 0.348. The van der Waals surface area contributed by atoms with Crippen LogP contribution in [0.25, 0.3) is 0 Å². The van der Waals surface area contributed by atoms with Gasteiger partial charge in [-0.2, -0.15) is 0 Å². The standard InChI is InChI=1S/C15H16Cl2OS/c16-12-7-6-11(15(17)10-12)9-13(18)3-1-4-14-5-2-8-19-14/h2,5-8,10,13,18H,1,3-4,9H2. The molecule has 0 spiro atoms. The van der Waals surface area contributed by atoms with Gasteiger partial charge in [-0.15, -0.1) is 11.3 Å². The van der Waals surface area contributed by atoms with Crippen LogP contribution in [-0.4, -0.2) is 11.2 Å². The van der Waals surface area contributed by atoms with Crippen molar-refractivity contribution >= 4 is 34.5 Å². The molecule has 2 rings (SSSR count). The maximum Gasteiger partial charge on any atom is 0.0581 e. The fourth-order valence-electron chi connectivity index (χ4n) is 2.01. The largest absolute Gasteiger partial charge is 0.393 e. The molecule has 0 saturated carbocycles. The summed E-state index contributed by atoms with van der Waals surface area (Å²) in [5.74, 6) is 0. The lowest BCUT2D eigenvalue weighted by Gasteiger charge is -2.11. The summed E-state index contributed by atoms with van der Waals surface area (Å²) < 4.78 is 0. The molecule has 0 amide bonds. The summed E-state index contributed by atoms with van der Waals surface area (Å²) in [6, 6.07) is 9.60. The first-order chi connectivity index (χ1) is 9.15. The highest BCUT2D eigenvalue weighted by Crippen LogP contribution is 2.23. The predicted molar refractivity (Wildman–Crippen MR) is 83.4 cm³/mol. The van der Waals surface area contributed by atoms with Gasteiger partial charge in [0.05, 0.1) is 6.10 Å². The number of aryl methyl sites for hydroxylation is 1. The van der Waals surface area contributed by atoms with Gasteiger partial charge in [0, 0.05) is 14.9 Å². The third-order valence-corrected chi connectivity index (χ3v) is 4.53. The van der Waals surface area contributed by atoms with Gasteiger partial charge in [-0.3, -0.25) is 0 Å². The fourth-order valence-corrected chi connectivity index (χ4v) is 3.25. The maximum atomic E-state index is 10.0. The molecule has 19 heavy (non-hydrogen) atoms. The summed E-state index contributed by atoms with van der Waals surface area (Å²) in [5.41, 5.74) is 0.953. The van der Waals surface area contributed by atoms with Crippen LogP contribution in [0.1, 0.15) is 23.3 Å². The third-order valence-electron chi connectivity index (χ3n) is 3.01. The Hall–Kier alpha value is -0.540. The Morgan fingerprint density at radius 3 is 2.74 bits per heavy atom. The molecule has 4 heteroatoms. The molecule has 1 nitrogen and oxygen atoms in total. The number of rotatable bonds is 6. The number of benzene rings is 1. The molecule has 0 bridgehead atoms. The minimum Gasteiger partial charge on any atom is -0.393 e. The molecule has 0 aliphatic carbocycles. The molecule has 1 N–H and O–H groups in total. The summed E-state index contributed by atoms with van der Waals surface area (Å²) in [6.45, 7) is 0. The summed E-state index contributed by atoms with van der Waals surface area (Å²) in [5, 5.41) is 13.4. The second-order valence-corrected chi connectivity index (χ2v) is 6.44. The number of aliphatic hydroxyl groups excluding tert-OH is 1. The van der Waals surface area contributed by atoms with Crippen LogP contribution in [0.2, 0.25) is 10.0 Å². The highest BCUT2D eigenvalue weighted by molar-refractivity contribution is 7.09. The smallest absolute Gasteiger partial charge is 0.0581 e. The molecule has 1 aromatic heterocycles. The van der Waals surface area contributed by atoms with Crippen LogP contribution in [0.15, 0.2) is 35.7 Å². The van der Waals surface area contributed by atoms with Gasteiger partial charge >= 0.3 is 0 Å². The first-order valence-electron chi connectivity index (χ1n) is 6.29. The van der Waals surface area contributed by atoms with Crippen LogP contribution in [0, 0.1) is 0 Å². The van der Waals surface area contributed by atoms with Gasteiger partial charge in [0.15, 0.2) is 0 Å². The van der Waals surface area contributed by atoms with E-state index in [1.165, 1.54) is 4.88 Å². The fraction of sp³-hybridized carbons (Fsp3) is 0.333. The van der Waals surface area contributed by atoms with Gasteiger partial charge in [0.1, 0.15) is 0 Å². The SMILES string of the molecule is OC(CCCc1cccs1)Cc1ccc(Cl)cc1Cl. The zero-order chi connectivity index (χ0) is 13.7. The van der Waals surface area contributed by atoms with Crippen LogP contribution in [-0.2, 0) is 12.8 Å². The molecule has 0 aliphatic heterocycles. The molecule has 0 radical (unpaired) electrons. The van der Waals surface area contributed by atoms with Gasteiger partial charge in [0.25, 0.3) is 0 Å². The molecule has 0 fully saturated rings. The maximum absolute atomic E-state index is 10.0. The molecule has 102 valence electrons. The lowest BCUT2D eigenvalue weighted by atomic mass is 10.0. The molecule has 1 aromatic carbocycles. The highest BCUT2D eigenvalue weighted by Gasteiger charge is 2.09. The second-order valence-electron chi connectivity index (χ2n) is 4.57. The summed E-state index contributed by atoms with van der Waals surface area (Å²) >= 11 is 13.7. The van der Waals surface area contributed by atoms with Crippen molar-refractivity contribution in [2.45, 2.75) is 31.8 Å². The second kappa shape index (κ2) is 7.30. The van der Waals surface area contributed by atoms with E-state index in [1.807, 2.05) is 6.07 Å². The summed E-state index contributed by atoms with van der Waals surface area (Å²) in [6.07, 6.45) is 3.05. The van der Waals surface area contributed by atoms with E-state index < -0.39 is 0 Å². The van der Waals surface area contributed by atoms with Crippen LogP contribution < -0.4 is 0 Å². The Bertz CT molecular complexity index is 511. The molecule has 1 heterocycles. The van der Waals surface area contributed by atoms with Crippen molar-refractivity contribution < 1.29 is 5.11 Å². The van der Waals surface area contributed by atoms with Gasteiger partial charge < -0.3 is 5.11 Å². The number of halogens is 2. The topological polar surface area (TPSA) is 20.2 Å². The average Bonchev–Trinajstić information content (AvgIpc) is 2.86. The lowest BCUT2D eigenvalue weighted by Crippen LogP contribution is -2.11. The molecule has 0 saturated heterocycles. The van der Waals surface area contributed by atoms with E-state index in [0.717, 1.165) is 24.8 Å². The number of aliphatic hydroxyl groups is 1. The van der Waals surface area contributed by atoms with Crippen LogP contribution >= 0.6 is 34.5 Å². The number of hydrogen-bond donors (Lipinski definition) is 1. The quantitative estimate of drug-likeness (QED) is 0.797. The normalized spacial score (nSPS) is 12.6. The van der Waals surface area contributed by atoms with Gasteiger partial charge in [-0.1, -0.05) is 35.3 Å². The molecule has 0 aliphatic rings. The molecular weight excluding hydrogens is 299 g/mol. The van der Waals surface area contributed by atoms with Crippen molar-refractivity contribution in [2.75, 3.05) is 0 Å². The average molecular weight is 315 g/mol. The van der Waals surface area contributed by atoms with Gasteiger partial charge in [-0.25, -0.2) is 0 Å². The van der Waals surface area contributed by atoms with E-state index in [2.05, 4.69) is 17.5 Å². The van der Waals surface area contributed by atoms with Crippen LogP contribution in [0.3, 0.4) is 0 Å². The third kappa shape index (κ3) is 4.81. The Kier molecular flexibility index (Phi) is 5.71. The molecule has 1 atom stereocenters. The summed E-state index contributed by atoms with van der Waals surface area (Å²) in [7, 11) is 0. The van der Waals surface area contributed by atoms with Gasteiger partial charge in [-0.05, 0) is 54.8 Å². The highest BCUT2D eigenvalue weighted by atomic mass is 35.5. The van der Waals surface area contributed by atoms with Crippen LogP contribution in [0.4, 0.5) is 0 Å². The number of thiophene rings is 1. The van der Waals surface area contributed by atoms with Crippen molar-refractivity contribution in [1.29, 1.82) is 0 Å². The zero-order valence-electron chi connectivity index (χ0n) is 10.5. The summed E-state index contributed by atoms with van der Waals surface area (Å²) in [4.78, 5) is 1.37. The Balaban J connectivity index is 1.79.